The summed E-state index contributed by atoms with van der Waals surface area (Å²) in [4.78, 5) is 2.99. The fourth-order valence-electron chi connectivity index (χ4n) is 1.09. The van der Waals surface area contributed by atoms with Crippen LogP contribution >= 0.6 is 0 Å². The minimum absolute atomic E-state index is 0.778. The molecule has 25 heavy (non-hydrogen) atoms. The number of imidazole rings is 1. The van der Waals surface area contributed by atoms with Crippen molar-refractivity contribution in [2.75, 3.05) is 0 Å². The lowest BCUT2D eigenvalue weighted by molar-refractivity contribution is -0.695. The molecule has 0 bridgehead atoms. The number of allylic oxidation sites excluding steroid dienone is 1. The third kappa shape index (κ3) is 7.87. The predicted molar refractivity (Wildman–Crippen MR) is 73.7 cm³/mol. The van der Waals surface area contributed by atoms with Gasteiger partial charge in [-0.1, -0.05) is 6.08 Å². The quantitative estimate of drug-likeness (QED) is 0.332. The predicted octanol–water partition coefficient (Wildman–Crippen LogP) is 2.33. The molecule has 146 valence electrons. The number of hydrogen-bond acceptors (Lipinski definition) is 4. The van der Waals surface area contributed by atoms with Gasteiger partial charge in [0.1, 0.15) is 12.4 Å². The average molecular weight is 417 g/mol. The van der Waals surface area contributed by atoms with Crippen molar-refractivity contribution in [3.63, 3.8) is 0 Å². The Morgan fingerprint density at radius 2 is 1.52 bits per heavy atom. The number of sulfonamides is 2. The Morgan fingerprint density at radius 1 is 1.04 bits per heavy atom. The standard InChI is InChI=1S/C8H12N2.C2F6NO4S2/c1-2-3-4-6-10-7-5-9-8-10;3-1(4,5)14(10,11)9-15(12,13)2(6,7)8/h2,5,7-8H,1,3-4,6H2;/q;-1/p+1. The number of halogens is 6. The molecule has 1 aromatic heterocycles. The first kappa shape index (κ1) is 23.4. The highest BCUT2D eigenvalue weighted by atomic mass is 32.3. The van der Waals surface area contributed by atoms with Gasteiger partial charge in [-0.05, 0) is 12.8 Å². The average Bonchev–Trinajstić information content (AvgIpc) is 2.89. The zero-order valence-electron chi connectivity index (χ0n) is 12.2. The molecule has 0 atom stereocenters. The molecule has 0 aliphatic rings. The number of H-pyrrole nitrogens is 1. The van der Waals surface area contributed by atoms with Crippen molar-refractivity contribution in [2.45, 2.75) is 30.4 Å². The van der Waals surface area contributed by atoms with Gasteiger partial charge in [-0.2, -0.15) is 26.3 Å². The minimum Gasteiger partial charge on any atom is -0.421 e. The highest BCUT2D eigenvalue weighted by Crippen LogP contribution is 2.36. The summed E-state index contributed by atoms with van der Waals surface area (Å²) in [5.41, 5.74) is -12.4. The number of aromatic amines is 1. The molecule has 1 heterocycles. The molecule has 0 aliphatic carbocycles. The van der Waals surface area contributed by atoms with Crippen LogP contribution in [0.1, 0.15) is 12.8 Å². The molecule has 1 N–H and O–H groups in total. The van der Waals surface area contributed by atoms with Gasteiger partial charge in [-0.15, -0.1) is 6.58 Å². The largest absolute Gasteiger partial charge is 0.480 e. The van der Waals surface area contributed by atoms with Crippen molar-refractivity contribution in [2.24, 2.45) is 0 Å². The maximum Gasteiger partial charge on any atom is 0.480 e. The molecule has 0 radical (unpaired) electrons. The summed E-state index contributed by atoms with van der Waals surface area (Å²) in [5.74, 6) is 0. The van der Waals surface area contributed by atoms with E-state index in [0.717, 1.165) is 17.1 Å². The van der Waals surface area contributed by atoms with Crippen LogP contribution in [0.15, 0.2) is 31.4 Å². The maximum atomic E-state index is 11.4. The van der Waals surface area contributed by atoms with E-state index in [2.05, 4.69) is 16.1 Å². The first-order valence-electron chi connectivity index (χ1n) is 6.13. The zero-order valence-corrected chi connectivity index (χ0v) is 13.9. The molecule has 0 amide bonds. The topological polar surface area (TPSA) is 102 Å². The van der Waals surface area contributed by atoms with Crippen LogP contribution in [0.5, 0.6) is 0 Å². The normalized spacial score (nSPS) is 13.0. The van der Waals surface area contributed by atoms with E-state index < -0.39 is 31.1 Å². The summed E-state index contributed by atoms with van der Waals surface area (Å²) in [6.45, 7) is 4.74. The SMILES string of the molecule is C=CCCC[n+]1cc[nH]c1.O=S(=O)([N-]S(=O)(=O)C(F)(F)F)C(F)(F)F. The van der Waals surface area contributed by atoms with Gasteiger partial charge in [0.15, 0.2) is 20.0 Å². The summed E-state index contributed by atoms with van der Waals surface area (Å²) in [7, 11) is -13.4. The lowest BCUT2D eigenvalue weighted by atomic mass is 10.3. The molecule has 0 aliphatic heterocycles. The summed E-state index contributed by atoms with van der Waals surface area (Å²) < 4.78 is 111. The Bertz CT molecular complexity index is 697. The van der Waals surface area contributed by atoms with Crippen LogP contribution in [0.2, 0.25) is 0 Å². The van der Waals surface area contributed by atoms with Crippen molar-refractivity contribution >= 4 is 20.0 Å². The molecule has 0 spiro atoms. The van der Waals surface area contributed by atoms with Gasteiger partial charge in [0.25, 0.3) is 0 Å². The van der Waals surface area contributed by atoms with Crippen molar-refractivity contribution in [3.05, 3.63) is 35.5 Å². The summed E-state index contributed by atoms with van der Waals surface area (Å²) in [6, 6.07) is 0. The fraction of sp³-hybridized carbons (Fsp3) is 0.500. The Morgan fingerprint density at radius 3 is 1.84 bits per heavy atom. The van der Waals surface area contributed by atoms with Crippen molar-refractivity contribution in [1.29, 1.82) is 0 Å². The number of aryl methyl sites for hydroxylation is 1. The van der Waals surface area contributed by atoms with Gasteiger partial charge in [-0.25, -0.2) is 21.4 Å². The number of nitrogens with zero attached hydrogens (tertiary/aromatic N) is 2. The van der Waals surface area contributed by atoms with Crippen molar-refractivity contribution in [1.82, 2.24) is 4.98 Å². The molecule has 0 saturated heterocycles. The lowest BCUT2D eigenvalue weighted by Crippen LogP contribution is -2.30. The van der Waals surface area contributed by atoms with E-state index in [4.69, 9.17) is 0 Å². The molecular weight excluding hydrogens is 404 g/mol. The van der Waals surface area contributed by atoms with E-state index >= 15 is 0 Å². The number of alkyl halides is 6. The molecule has 0 unspecified atom stereocenters. The minimum atomic E-state index is -6.72. The molecular formula is C10H13F6N3O4S2. The van der Waals surface area contributed by atoms with Gasteiger partial charge in [0.2, 0.25) is 6.33 Å². The van der Waals surface area contributed by atoms with Crippen LogP contribution in [0.3, 0.4) is 0 Å². The first-order chi connectivity index (χ1) is 11.1. The van der Waals surface area contributed by atoms with Crippen LogP contribution in [0.4, 0.5) is 26.3 Å². The van der Waals surface area contributed by atoms with E-state index in [1.54, 1.807) is 0 Å². The highest BCUT2D eigenvalue weighted by molar-refractivity contribution is 8.13. The molecule has 7 nitrogen and oxygen atoms in total. The second-order valence-electron chi connectivity index (χ2n) is 4.20. The smallest absolute Gasteiger partial charge is 0.421 e. The van der Waals surface area contributed by atoms with Gasteiger partial charge in [0.05, 0.1) is 6.54 Å². The molecule has 0 aromatic carbocycles. The van der Waals surface area contributed by atoms with E-state index in [0.29, 0.717) is 0 Å². The van der Waals surface area contributed by atoms with Crippen LogP contribution < -0.4 is 4.57 Å². The van der Waals surface area contributed by atoms with Gasteiger partial charge in [0, 0.05) is 0 Å². The zero-order chi connectivity index (χ0) is 19.9. The fourth-order valence-corrected chi connectivity index (χ4v) is 2.80. The van der Waals surface area contributed by atoms with Gasteiger partial charge < -0.3 is 4.13 Å². The number of hydrogen-bond donors (Lipinski definition) is 1. The monoisotopic (exact) mass is 417 g/mol. The lowest BCUT2D eigenvalue weighted by Gasteiger charge is -2.22. The Kier molecular flexibility index (Phi) is 8.10. The van der Waals surface area contributed by atoms with Crippen LogP contribution in [0.25, 0.3) is 4.13 Å². The Labute approximate surface area is 139 Å². The third-order valence-electron chi connectivity index (χ3n) is 2.21. The van der Waals surface area contributed by atoms with Crippen molar-refractivity contribution in [3.8, 4) is 0 Å². The molecule has 0 saturated carbocycles. The van der Waals surface area contributed by atoms with Crippen LogP contribution in [-0.2, 0) is 26.6 Å². The second kappa shape index (κ2) is 8.66. The van der Waals surface area contributed by atoms with Crippen molar-refractivity contribution < 1.29 is 47.7 Å². The summed E-state index contributed by atoms with van der Waals surface area (Å²) >= 11 is 0. The molecule has 15 heteroatoms. The summed E-state index contributed by atoms with van der Waals surface area (Å²) in [6.07, 6.45) is 10.1. The van der Waals surface area contributed by atoms with Crippen LogP contribution in [-0.4, -0.2) is 32.8 Å². The summed E-state index contributed by atoms with van der Waals surface area (Å²) in [5, 5.41) is 0. The molecule has 0 fully saturated rings. The first-order valence-corrected chi connectivity index (χ1v) is 9.01. The third-order valence-corrected chi connectivity index (χ3v) is 4.95. The van der Waals surface area contributed by atoms with E-state index in [9.17, 15) is 43.2 Å². The maximum absolute atomic E-state index is 11.4. The number of nitrogens with one attached hydrogen (secondary N) is 1. The number of unbranched alkanes of at least 4 members (excludes halogenated alkanes) is 1. The number of rotatable bonds is 6. The highest BCUT2D eigenvalue weighted by Gasteiger charge is 2.46. The van der Waals surface area contributed by atoms with E-state index in [1.807, 2.05) is 24.8 Å². The molecule has 1 aromatic rings. The second-order valence-corrected chi connectivity index (χ2v) is 7.62. The van der Waals surface area contributed by atoms with E-state index in [1.165, 1.54) is 6.42 Å². The number of aromatic nitrogens is 2. The Hall–Kier alpha value is -1.61. The molecule has 1 rings (SSSR count). The van der Waals surface area contributed by atoms with Gasteiger partial charge in [-0.3, -0.25) is 4.98 Å². The van der Waals surface area contributed by atoms with Gasteiger partial charge >= 0.3 is 11.0 Å². The van der Waals surface area contributed by atoms with E-state index in [-0.39, 0.29) is 0 Å². The Balaban J connectivity index is 0.000000496. The van der Waals surface area contributed by atoms with Crippen LogP contribution in [0, 0.1) is 0 Å².